The molecule has 68 valence electrons. The molecule has 1 nitrogen and oxygen atoms in total. The van der Waals surface area contributed by atoms with E-state index in [4.69, 9.17) is 0 Å². The molecule has 0 spiro atoms. The van der Waals surface area contributed by atoms with Gasteiger partial charge in [0.1, 0.15) is 0 Å². The second kappa shape index (κ2) is 2.71. The molecular weight excluding hydrogens is 160 g/mol. The fourth-order valence-corrected chi connectivity index (χ4v) is 1.87. The first kappa shape index (κ1) is 8.52. The van der Waals surface area contributed by atoms with E-state index >= 15 is 0 Å². The Bertz CT molecular complexity index is 361. The van der Waals surface area contributed by atoms with Crippen molar-refractivity contribution in [3.8, 4) is 0 Å². The number of benzene rings is 1. The van der Waals surface area contributed by atoms with E-state index < -0.39 is 5.60 Å². The minimum Gasteiger partial charge on any atom is -0.385 e. The summed E-state index contributed by atoms with van der Waals surface area (Å²) in [5.41, 5.74) is 2.81. The molecule has 0 saturated carbocycles. The van der Waals surface area contributed by atoms with Crippen LogP contribution in [0.15, 0.2) is 30.3 Å². The van der Waals surface area contributed by atoms with E-state index in [1.807, 2.05) is 25.1 Å². The fourth-order valence-electron chi connectivity index (χ4n) is 1.87. The van der Waals surface area contributed by atoms with Gasteiger partial charge in [0.2, 0.25) is 0 Å². The van der Waals surface area contributed by atoms with Crippen molar-refractivity contribution in [2.45, 2.75) is 25.9 Å². The van der Waals surface area contributed by atoms with Gasteiger partial charge in [-0.1, -0.05) is 30.3 Å². The van der Waals surface area contributed by atoms with Gasteiger partial charge in [0, 0.05) is 0 Å². The van der Waals surface area contributed by atoms with Crippen LogP contribution in [0.25, 0.3) is 5.57 Å². The third-order valence-electron chi connectivity index (χ3n) is 2.74. The number of allylic oxidation sites excluding steroid dienone is 1. The molecule has 1 aliphatic carbocycles. The van der Waals surface area contributed by atoms with Crippen LogP contribution in [0.4, 0.5) is 0 Å². The average molecular weight is 174 g/mol. The molecule has 0 heterocycles. The highest BCUT2D eigenvalue weighted by Gasteiger charge is 2.27. The summed E-state index contributed by atoms with van der Waals surface area (Å²) in [6.07, 6.45) is 2.82. The Hall–Kier alpha value is -1.08. The lowest BCUT2D eigenvalue weighted by Crippen LogP contribution is -2.24. The quantitative estimate of drug-likeness (QED) is 0.641. The zero-order valence-corrected chi connectivity index (χ0v) is 8.04. The SMILES string of the molecule is CC1=CCC(C)(O)c2ccccc21. The number of hydrogen-bond donors (Lipinski definition) is 1. The molecule has 1 unspecified atom stereocenters. The van der Waals surface area contributed by atoms with E-state index in [0.717, 1.165) is 12.0 Å². The third-order valence-corrected chi connectivity index (χ3v) is 2.74. The smallest absolute Gasteiger partial charge is 0.0908 e. The van der Waals surface area contributed by atoms with Crippen LogP contribution in [-0.4, -0.2) is 5.11 Å². The first-order chi connectivity index (χ1) is 6.11. The predicted octanol–water partition coefficient (Wildman–Crippen LogP) is 2.70. The Balaban J connectivity index is 2.64. The van der Waals surface area contributed by atoms with Crippen molar-refractivity contribution in [1.82, 2.24) is 0 Å². The monoisotopic (exact) mass is 174 g/mol. The van der Waals surface area contributed by atoms with Crippen molar-refractivity contribution in [3.05, 3.63) is 41.5 Å². The Morgan fingerprint density at radius 3 is 2.69 bits per heavy atom. The molecule has 1 aliphatic rings. The molecule has 1 N–H and O–H groups in total. The summed E-state index contributed by atoms with van der Waals surface area (Å²) >= 11 is 0. The van der Waals surface area contributed by atoms with Gasteiger partial charge in [-0.15, -0.1) is 0 Å². The molecule has 1 aromatic rings. The zero-order valence-electron chi connectivity index (χ0n) is 8.04. The van der Waals surface area contributed by atoms with Crippen molar-refractivity contribution in [2.24, 2.45) is 0 Å². The van der Waals surface area contributed by atoms with E-state index in [2.05, 4.69) is 19.1 Å². The summed E-state index contributed by atoms with van der Waals surface area (Å²) in [5, 5.41) is 10.1. The fraction of sp³-hybridized carbons (Fsp3) is 0.333. The molecule has 0 radical (unpaired) electrons. The van der Waals surface area contributed by atoms with Crippen LogP contribution >= 0.6 is 0 Å². The maximum atomic E-state index is 10.1. The molecule has 0 aliphatic heterocycles. The van der Waals surface area contributed by atoms with Gasteiger partial charge in [0.25, 0.3) is 0 Å². The molecule has 1 heteroatoms. The van der Waals surface area contributed by atoms with Crippen molar-refractivity contribution < 1.29 is 5.11 Å². The molecule has 0 bridgehead atoms. The second-order valence-electron chi connectivity index (χ2n) is 3.91. The van der Waals surface area contributed by atoms with Gasteiger partial charge in [-0.05, 0) is 37.0 Å². The molecule has 0 fully saturated rings. The standard InChI is InChI=1S/C12H14O/c1-9-7-8-12(2,13)11-6-4-3-5-10(9)11/h3-7,13H,8H2,1-2H3. The third kappa shape index (κ3) is 1.29. The topological polar surface area (TPSA) is 20.2 Å². The van der Waals surface area contributed by atoms with E-state index in [1.165, 1.54) is 11.1 Å². The first-order valence-corrected chi connectivity index (χ1v) is 4.60. The molecule has 13 heavy (non-hydrogen) atoms. The number of rotatable bonds is 0. The zero-order chi connectivity index (χ0) is 9.47. The van der Waals surface area contributed by atoms with Crippen molar-refractivity contribution >= 4 is 5.57 Å². The highest BCUT2D eigenvalue weighted by atomic mass is 16.3. The van der Waals surface area contributed by atoms with Crippen LogP contribution in [0.1, 0.15) is 31.4 Å². The lowest BCUT2D eigenvalue weighted by atomic mass is 9.81. The molecular formula is C12H14O. The summed E-state index contributed by atoms with van der Waals surface area (Å²) in [7, 11) is 0. The number of aliphatic hydroxyl groups is 1. The lowest BCUT2D eigenvalue weighted by Gasteiger charge is -2.29. The Morgan fingerprint density at radius 1 is 1.31 bits per heavy atom. The molecule has 0 amide bonds. The molecule has 0 aromatic heterocycles. The van der Waals surface area contributed by atoms with Gasteiger partial charge in [0.05, 0.1) is 5.60 Å². The summed E-state index contributed by atoms with van der Waals surface area (Å²) in [4.78, 5) is 0. The van der Waals surface area contributed by atoms with Gasteiger partial charge in [-0.3, -0.25) is 0 Å². The predicted molar refractivity (Wildman–Crippen MR) is 54.3 cm³/mol. The van der Waals surface area contributed by atoms with Gasteiger partial charge in [-0.2, -0.15) is 0 Å². The second-order valence-corrected chi connectivity index (χ2v) is 3.91. The highest BCUT2D eigenvalue weighted by Crippen LogP contribution is 2.36. The summed E-state index contributed by atoms with van der Waals surface area (Å²) in [6, 6.07) is 8.06. The highest BCUT2D eigenvalue weighted by molar-refractivity contribution is 5.69. The number of hydrogen-bond acceptors (Lipinski definition) is 1. The molecule has 1 aromatic carbocycles. The van der Waals surface area contributed by atoms with Gasteiger partial charge in [-0.25, -0.2) is 0 Å². The van der Waals surface area contributed by atoms with Crippen molar-refractivity contribution in [1.29, 1.82) is 0 Å². The summed E-state index contributed by atoms with van der Waals surface area (Å²) in [6.45, 7) is 3.96. The Morgan fingerprint density at radius 2 is 2.00 bits per heavy atom. The lowest BCUT2D eigenvalue weighted by molar-refractivity contribution is 0.0589. The number of fused-ring (bicyclic) bond motifs is 1. The minimum absolute atomic E-state index is 0.684. The molecule has 1 atom stereocenters. The Labute approximate surface area is 78.7 Å². The Kier molecular flexibility index (Phi) is 1.77. The van der Waals surface area contributed by atoms with E-state index in [9.17, 15) is 5.11 Å². The van der Waals surface area contributed by atoms with Crippen LogP contribution in [0.3, 0.4) is 0 Å². The van der Waals surface area contributed by atoms with Crippen LogP contribution in [0.2, 0.25) is 0 Å². The summed E-state index contributed by atoms with van der Waals surface area (Å²) in [5.74, 6) is 0. The van der Waals surface area contributed by atoms with Gasteiger partial charge < -0.3 is 5.11 Å². The van der Waals surface area contributed by atoms with Crippen LogP contribution in [-0.2, 0) is 5.60 Å². The normalized spacial score (nSPS) is 26.5. The van der Waals surface area contributed by atoms with Gasteiger partial charge >= 0.3 is 0 Å². The first-order valence-electron chi connectivity index (χ1n) is 4.60. The molecule has 0 saturated heterocycles. The molecule has 2 rings (SSSR count). The van der Waals surface area contributed by atoms with Crippen molar-refractivity contribution in [3.63, 3.8) is 0 Å². The van der Waals surface area contributed by atoms with Crippen LogP contribution < -0.4 is 0 Å². The maximum absolute atomic E-state index is 10.1. The van der Waals surface area contributed by atoms with E-state index in [1.54, 1.807) is 0 Å². The van der Waals surface area contributed by atoms with E-state index in [-0.39, 0.29) is 0 Å². The largest absolute Gasteiger partial charge is 0.385 e. The van der Waals surface area contributed by atoms with Crippen molar-refractivity contribution in [2.75, 3.05) is 0 Å². The van der Waals surface area contributed by atoms with Crippen LogP contribution in [0.5, 0.6) is 0 Å². The van der Waals surface area contributed by atoms with E-state index in [0.29, 0.717) is 0 Å². The van der Waals surface area contributed by atoms with Gasteiger partial charge in [0.15, 0.2) is 0 Å². The minimum atomic E-state index is -0.684. The maximum Gasteiger partial charge on any atom is 0.0908 e. The average Bonchev–Trinajstić information content (AvgIpc) is 2.13. The summed E-state index contributed by atoms with van der Waals surface area (Å²) < 4.78 is 0. The van der Waals surface area contributed by atoms with Crippen LogP contribution in [0, 0.1) is 0 Å².